The minimum atomic E-state index is -1.17. The summed E-state index contributed by atoms with van der Waals surface area (Å²) in [7, 11) is 0. The molecule has 0 atom stereocenters. The van der Waals surface area contributed by atoms with E-state index in [1.165, 1.54) is 12.1 Å². The maximum atomic E-state index is 13.9. The van der Waals surface area contributed by atoms with Gasteiger partial charge in [0.05, 0.1) is 17.7 Å². The number of nitrogens with zero attached hydrogens (tertiary/aromatic N) is 1. The van der Waals surface area contributed by atoms with E-state index >= 15 is 0 Å². The van der Waals surface area contributed by atoms with E-state index in [4.69, 9.17) is 4.52 Å². The third-order valence-electron chi connectivity index (χ3n) is 3.33. The van der Waals surface area contributed by atoms with Crippen molar-refractivity contribution in [2.45, 2.75) is 6.61 Å². The van der Waals surface area contributed by atoms with Gasteiger partial charge in [0, 0.05) is 11.6 Å². The highest BCUT2D eigenvalue weighted by molar-refractivity contribution is 5.73. The fourth-order valence-corrected chi connectivity index (χ4v) is 2.24. The number of aromatic nitrogens is 1. The van der Waals surface area contributed by atoms with Gasteiger partial charge in [-0.3, -0.25) is 0 Å². The summed E-state index contributed by atoms with van der Waals surface area (Å²) in [5.41, 5.74) is -0.555. The van der Waals surface area contributed by atoms with Gasteiger partial charge in [-0.15, -0.1) is 0 Å². The van der Waals surface area contributed by atoms with E-state index in [2.05, 4.69) is 5.16 Å². The normalized spacial score (nSPS) is 11.0. The van der Waals surface area contributed by atoms with Crippen LogP contribution in [0.2, 0.25) is 0 Å². The molecule has 1 heterocycles. The molecule has 0 saturated carbocycles. The van der Waals surface area contributed by atoms with Crippen LogP contribution < -0.4 is 0 Å². The lowest BCUT2D eigenvalue weighted by Crippen LogP contribution is -1.95. The van der Waals surface area contributed by atoms with E-state index < -0.39 is 29.9 Å². The summed E-state index contributed by atoms with van der Waals surface area (Å²) in [6.07, 6.45) is 0. The number of rotatable bonds is 3. The average Bonchev–Trinajstić information content (AvgIpc) is 2.93. The molecular weight excluding hydrogens is 314 g/mol. The average molecular weight is 323 g/mol. The molecule has 0 saturated heterocycles. The highest BCUT2D eigenvalue weighted by Crippen LogP contribution is 2.35. The number of hydrogen-bond donors (Lipinski definition) is 1. The van der Waals surface area contributed by atoms with Gasteiger partial charge in [-0.1, -0.05) is 11.2 Å². The highest BCUT2D eigenvalue weighted by atomic mass is 19.2. The van der Waals surface area contributed by atoms with Crippen molar-refractivity contribution >= 4 is 0 Å². The summed E-state index contributed by atoms with van der Waals surface area (Å²) in [6, 6.07) is 6.20. The first-order valence-electron chi connectivity index (χ1n) is 6.52. The van der Waals surface area contributed by atoms with Crippen molar-refractivity contribution in [3.63, 3.8) is 0 Å². The molecule has 3 aromatic rings. The maximum Gasteiger partial charge on any atom is 0.175 e. The molecule has 0 unspecified atom stereocenters. The van der Waals surface area contributed by atoms with Crippen LogP contribution in [0, 0.1) is 23.3 Å². The number of aliphatic hydroxyl groups is 1. The van der Waals surface area contributed by atoms with Crippen LogP contribution in [0.4, 0.5) is 17.6 Å². The quantitative estimate of drug-likeness (QED) is 0.740. The van der Waals surface area contributed by atoms with Gasteiger partial charge in [-0.25, -0.2) is 17.6 Å². The molecule has 2 aromatic carbocycles. The van der Waals surface area contributed by atoms with Gasteiger partial charge in [0.15, 0.2) is 17.4 Å². The molecule has 7 heteroatoms. The summed E-state index contributed by atoms with van der Waals surface area (Å²) in [6.45, 7) is -0.652. The van der Waals surface area contributed by atoms with Crippen LogP contribution in [0.25, 0.3) is 22.6 Å². The topological polar surface area (TPSA) is 46.3 Å². The Labute approximate surface area is 127 Å². The predicted molar refractivity (Wildman–Crippen MR) is 73.1 cm³/mol. The minimum absolute atomic E-state index is 0.0278. The fraction of sp³-hybridized carbons (Fsp3) is 0.0625. The Balaban J connectivity index is 2.19. The lowest BCUT2D eigenvalue weighted by atomic mass is 10.0. The highest BCUT2D eigenvalue weighted by Gasteiger charge is 2.23. The number of halogens is 4. The van der Waals surface area contributed by atoms with Crippen LogP contribution in [0.5, 0.6) is 0 Å². The first kappa shape index (κ1) is 15.2. The van der Waals surface area contributed by atoms with Crippen molar-refractivity contribution in [1.82, 2.24) is 5.16 Å². The zero-order chi connectivity index (χ0) is 16.6. The van der Waals surface area contributed by atoms with Gasteiger partial charge in [0.25, 0.3) is 0 Å². The van der Waals surface area contributed by atoms with Gasteiger partial charge in [0.1, 0.15) is 17.3 Å². The van der Waals surface area contributed by atoms with Gasteiger partial charge < -0.3 is 9.63 Å². The van der Waals surface area contributed by atoms with Crippen LogP contribution in [0.1, 0.15) is 5.56 Å². The van der Waals surface area contributed by atoms with Gasteiger partial charge in [0.2, 0.25) is 0 Å². The molecule has 3 rings (SSSR count). The van der Waals surface area contributed by atoms with Crippen LogP contribution in [-0.2, 0) is 6.61 Å². The molecule has 0 amide bonds. The Bertz CT molecular complexity index is 877. The smallest absolute Gasteiger partial charge is 0.175 e. The van der Waals surface area contributed by atoms with Crippen LogP contribution in [0.15, 0.2) is 40.9 Å². The molecule has 0 bridgehead atoms. The fourth-order valence-electron chi connectivity index (χ4n) is 2.24. The standard InChI is InChI=1S/C16H9F4NO2/c17-8-4-5-9(13(19)6-8)16-11(7-22)15(21-23-16)10-2-1-3-12(18)14(10)20/h1-6,22H,7H2. The summed E-state index contributed by atoms with van der Waals surface area (Å²) < 4.78 is 59.1. The summed E-state index contributed by atoms with van der Waals surface area (Å²) in [5, 5.41) is 13.1. The Hall–Kier alpha value is -2.67. The molecule has 118 valence electrons. The minimum Gasteiger partial charge on any atom is -0.391 e. The molecule has 23 heavy (non-hydrogen) atoms. The second-order valence-electron chi connectivity index (χ2n) is 4.72. The largest absolute Gasteiger partial charge is 0.391 e. The second kappa shape index (κ2) is 5.85. The molecule has 0 aliphatic heterocycles. The first-order chi connectivity index (χ1) is 11.0. The van der Waals surface area contributed by atoms with E-state index in [0.29, 0.717) is 6.07 Å². The monoisotopic (exact) mass is 323 g/mol. The van der Waals surface area contributed by atoms with Crippen LogP contribution in [-0.4, -0.2) is 10.3 Å². The Morgan fingerprint density at radius 1 is 0.957 bits per heavy atom. The molecule has 1 N–H and O–H groups in total. The zero-order valence-electron chi connectivity index (χ0n) is 11.5. The summed E-state index contributed by atoms with van der Waals surface area (Å²) in [5.74, 6) is -4.15. The molecule has 1 aromatic heterocycles. The third-order valence-corrected chi connectivity index (χ3v) is 3.33. The van der Waals surface area contributed by atoms with Crippen molar-refractivity contribution in [3.8, 4) is 22.6 Å². The van der Waals surface area contributed by atoms with Gasteiger partial charge >= 0.3 is 0 Å². The summed E-state index contributed by atoms with van der Waals surface area (Å²) >= 11 is 0. The van der Waals surface area contributed by atoms with Gasteiger partial charge in [-0.05, 0) is 24.3 Å². The molecular formula is C16H9F4NO2. The SMILES string of the molecule is OCc1c(-c2cccc(F)c2F)noc1-c1ccc(F)cc1F. The molecule has 0 fully saturated rings. The van der Waals surface area contributed by atoms with E-state index in [-0.39, 0.29) is 28.1 Å². The number of hydrogen-bond acceptors (Lipinski definition) is 3. The lowest BCUT2D eigenvalue weighted by molar-refractivity contribution is 0.281. The van der Waals surface area contributed by atoms with Crippen molar-refractivity contribution in [2.75, 3.05) is 0 Å². The lowest BCUT2D eigenvalue weighted by Gasteiger charge is -2.04. The summed E-state index contributed by atoms with van der Waals surface area (Å²) in [4.78, 5) is 0. The van der Waals surface area contributed by atoms with Gasteiger partial charge in [-0.2, -0.15) is 0 Å². The van der Waals surface area contributed by atoms with E-state index in [1.54, 1.807) is 0 Å². The molecule has 0 radical (unpaired) electrons. The second-order valence-corrected chi connectivity index (χ2v) is 4.72. The zero-order valence-corrected chi connectivity index (χ0v) is 11.5. The first-order valence-corrected chi connectivity index (χ1v) is 6.52. The van der Waals surface area contributed by atoms with Crippen molar-refractivity contribution in [1.29, 1.82) is 0 Å². The molecule has 3 nitrogen and oxygen atoms in total. The van der Waals surface area contributed by atoms with Crippen molar-refractivity contribution in [2.24, 2.45) is 0 Å². The number of benzene rings is 2. The van der Waals surface area contributed by atoms with Crippen LogP contribution in [0.3, 0.4) is 0 Å². The van der Waals surface area contributed by atoms with E-state index in [1.807, 2.05) is 0 Å². The Kier molecular flexibility index (Phi) is 3.87. The molecule has 0 aliphatic rings. The van der Waals surface area contributed by atoms with E-state index in [9.17, 15) is 22.7 Å². The van der Waals surface area contributed by atoms with Crippen molar-refractivity contribution in [3.05, 3.63) is 65.2 Å². The third kappa shape index (κ3) is 2.59. The Morgan fingerprint density at radius 3 is 2.43 bits per heavy atom. The predicted octanol–water partition coefficient (Wildman–Crippen LogP) is 4.06. The maximum absolute atomic E-state index is 13.9. The Morgan fingerprint density at radius 2 is 1.74 bits per heavy atom. The molecule has 0 aliphatic carbocycles. The van der Waals surface area contributed by atoms with E-state index in [0.717, 1.165) is 18.2 Å². The molecule has 0 spiro atoms. The number of aliphatic hydroxyl groups excluding tert-OH is 1. The van der Waals surface area contributed by atoms with Crippen molar-refractivity contribution < 1.29 is 27.2 Å². The van der Waals surface area contributed by atoms with Crippen LogP contribution >= 0.6 is 0 Å².